The number of urea groups is 1. The molecule has 1 aromatic rings. The molecule has 0 saturated carbocycles. The smallest absolute Gasteiger partial charge is 0.348 e. The number of carbonyl (C=O) groups is 2. The molecule has 3 amide bonds. The van der Waals surface area contributed by atoms with Crippen molar-refractivity contribution >= 4 is 11.9 Å². The molecule has 2 atom stereocenters. The molecule has 1 heterocycles. The van der Waals surface area contributed by atoms with Crippen molar-refractivity contribution in [1.82, 2.24) is 15.5 Å². The number of alkyl halides is 3. The van der Waals surface area contributed by atoms with Crippen LogP contribution in [0.5, 0.6) is 0 Å². The Labute approximate surface area is 131 Å². The minimum absolute atomic E-state index is 0.206. The quantitative estimate of drug-likeness (QED) is 0.875. The summed E-state index contributed by atoms with van der Waals surface area (Å²) in [6, 6.07) is 3.01. The van der Waals surface area contributed by atoms with E-state index in [-0.39, 0.29) is 11.6 Å². The lowest BCUT2D eigenvalue weighted by Crippen LogP contribution is -2.52. The lowest BCUT2D eigenvalue weighted by molar-refractivity contribution is -0.137. The Morgan fingerprint density at radius 3 is 2.26 bits per heavy atom. The van der Waals surface area contributed by atoms with Gasteiger partial charge in [0.15, 0.2) is 0 Å². The average Bonchev–Trinajstić information content (AvgIpc) is 2.45. The molecule has 23 heavy (non-hydrogen) atoms. The number of carbonyl (C=O) groups excluding carboxylic acids is 2. The second kappa shape index (κ2) is 5.94. The van der Waals surface area contributed by atoms with Gasteiger partial charge in [0.2, 0.25) is 5.91 Å². The van der Waals surface area contributed by atoms with Crippen LogP contribution in [0.25, 0.3) is 0 Å². The van der Waals surface area contributed by atoms with Crippen molar-refractivity contribution in [3.8, 4) is 0 Å². The van der Waals surface area contributed by atoms with E-state index >= 15 is 0 Å². The molecular weight excluding hydrogens is 311 g/mol. The molecule has 1 aromatic carbocycles. The van der Waals surface area contributed by atoms with Crippen molar-refractivity contribution in [1.29, 1.82) is 0 Å². The summed E-state index contributed by atoms with van der Waals surface area (Å²) in [5.41, 5.74) is -0.192. The summed E-state index contributed by atoms with van der Waals surface area (Å²) in [6.07, 6.45) is -4.45. The van der Waals surface area contributed by atoms with Gasteiger partial charge in [-0.05, 0) is 17.7 Å². The number of halogens is 3. The van der Waals surface area contributed by atoms with Gasteiger partial charge in [0.1, 0.15) is 5.92 Å². The van der Waals surface area contributed by atoms with Gasteiger partial charge in [0.05, 0.1) is 11.6 Å². The number of nitrogens with one attached hydrogen (secondary N) is 2. The molecule has 0 bridgehead atoms. The first kappa shape index (κ1) is 16.9. The standard InChI is InChI=1S/C15H16F3N3O2/c1-8-11(13(22)21(2)3)12(20-14(23)19-8)9-4-6-10(7-5-9)15(16,17)18/h4-7,11-12H,1H2,2-3H3,(H2,19,20,23)/t11-,12+/m0/s1. The van der Waals surface area contributed by atoms with Crippen molar-refractivity contribution in [2.45, 2.75) is 12.2 Å². The summed E-state index contributed by atoms with van der Waals surface area (Å²) in [5.74, 6) is -1.12. The van der Waals surface area contributed by atoms with Gasteiger partial charge in [0.25, 0.3) is 0 Å². The van der Waals surface area contributed by atoms with Crippen LogP contribution < -0.4 is 10.6 Å². The molecule has 0 aromatic heterocycles. The number of hydrogen-bond donors (Lipinski definition) is 2. The first-order valence-corrected chi connectivity index (χ1v) is 6.76. The van der Waals surface area contributed by atoms with Gasteiger partial charge in [-0.3, -0.25) is 4.79 Å². The summed E-state index contributed by atoms with van der Waals surface area (Å²) in [7, 11) is 3.10. The van der Waals surface area contributed by atoms with Gasteiger partial charge in [0, 0.05) is 19.8 Å². The molecule has 5 nitrogen and oxygen atoms in total. The minimum Gasteiger partial charge on any atom is -0.348 e. The summed E-state index contributed by atoms with van der Waals surface area (Å²) >= 11 is 0. The molecule has 0 aliphatic carbocycles. The highest BCUT2D eigenvalue weighted by Crippen LogP contribution is 2.33. The largest absolute Gasteiger partial charge is 0.416 e. The third-order valence-corrected chi connectivity index (χ3v) is 3.57. The van der Waals surface area contributed by atoms with Crippen LogP contribution >= 0.6 is 0 Å². The van der Waals surface area contributed by atoms with Crippen molar-refractivity contribution in [2.75, 3.05) is 14.1 Å². The highest BCUT2D eigenvalue weighted by molar-refractivity contribution is 5.87. The first-order chi connectivity index (χ1) is 10.6. The number of rotatable bonds is 2. The minimum atomic E-state index is -4.45. The van der Waals surface area contributed by atoms with Crippen LogP contribution in [0.2, 0.25) is 0 Å². The van der Waals surface area contributed by atoms with Crippen LogP contribution in [-0.4, -0.2) is 30.9 Å². The maximum atomic E-state index is 12.6. The third kappa shape index (κ3) is 3.46. The predicted octanol–water partition coefficient (Wildman–Crippen LogP) is 2.28. The number of amides is 3. The van der Waals surface area contributed by atoms with Gasteiger partial charge in [-0.1, -0.05) is 18.7 Å². The highest BCUT2D eigenvalue weighted by Gasteiger charge is 2.39. The van der Waals surface area contributed by atoms with Gasteiger partial charge in [-0.15, -0.1) is 0 Å². The Balaban J connectivity index is 2.38. The molecule has 0 radical (unpaired) electrons. The van der Waals surface area contributed by atoms with Gasteiger partial charge in [-0.2, -0.15) is 13.2 Å². The summed E-state index contributed by atoms with van der Waals surface area (Å²) in [5, 5.41) is 5.00. The first-order valence-electron chi connectivity index (χ1n) is 6.76. The highest BCUT2D eigenvalue weighted by atomic mass is 19.4. The Kier molecular flexibility index (Phi) is 4.35. The van der Waals surface area contributed by atoms with E-state index < -0.39 is 29.7 Å². The van der Waals surface area contributed by atoms with Crippen molar-refractivity contribution < 1.29 is 22.8 Å². The Morgan fingerprint density at radius 1 is 1.22 bits per heavy atom. The molecule has 0 unspecified atom stereocenters. The third-order valence-electron chi connectivity index (χ3n) is 3.57. The van der Waals surface area contributed by atoms with Crippen LogP contribution in [0.4, 0.5) is 18.0 Å². The summed E-state index contributed by atoms with van der Waals surface area (Å²) < 4.78 is 37.9. The molecular formula is C15H16F3N3O2. The fraction of sp³-hybridized carbons (Fsp3) is 0.333. The maximum Gasteiger partial charge on any atom is 0.416 e. The van der Waals surface area contributed by atoms with Crippen LogP contribution in [0.3, 0.4) is 0 Å². The van der Waals surface area contributed by atoms with Gasteiger partial charge in [-0.25, -0.2) is 4.79 Å². The topological polar surface area (TPSA) is 61.4 Å². The normalized spacial score (nSPS) is 21.4. The molecule has 1 aliphatic heterocycles. The molecule has 1 saturated heterocycles. The zero-order chi connectivity index (χ0) is 17.4. The van der Waals surface area contributed by atoms with E-state index in [1.165, 1.54) is 17.0 Å². The van der Waals surface area contributed by atoms with E-state index in [4.69, 9.17) is 0 Å². The maximum absolute atomic E-state index is 12.6. The van der Waals surface area contributed by atoms with Crippen LogP contribution in [0.1, 0.15) is 17.2 Å². The zero-order valence-corrected chi connectivity index (χ0v) is 12.6. The predicted molar refractivity (Wildman–Crippen MR) is 77.2 cm³/mol. The fourth-order valence-electron chi connectivity index (χ4n) is 2.41. The number of benzene rings is 1. The monoisotopic (exact) mass is 327 g/mol. The second-order valence-corrected chi connectivity index (χ2v) is 5.43. The van der Waals surface area contributed by atoms with Crippen molar-refractivity contribution in [2.24, 2.45) is 5.92 Å². The SMILES string of the molecule is C=C1NC(=O)N[C@H](c2ccc(C(F)(F)F)cc2)[C@H]1C(=O)N(C)C. The van der Waals surface area contributed by atoms with E-state index in [9.17, 15) is 22.8 Å². The molecule has 0 spiro atoms. The average molecular weight is 327 g/mol. The van der Waals surface area contributed by atoms with Gasteiger partial charge >= 0.3 is 12.2 Å². The Hall–Kier alpha value is -2.51. The zero-order valence-electron chi connectivity index (χ0n) is 12.6. The van der Waals surface area contributed by atoms with Crippen molar-refractivity contribution in [3.05, 3.63) is 47.7 Å². The summed E-state index contributed by atoms with van der Waals surface area (Å²) in [6.45, 7) is 3.68. The lowest BCUT2D eigenvalue weighted by Gasteiger charge is -2.35. The van der Waals surface area contributed by atoms with Crippen LogP contribution in [0.15, 0.2) is 36.5 Å². The molecule has 1 aliphatic rings. The fourth-order valence-corrected chi connectivity index (χ4v) is 2.41. The van der Waals surface area contributed by atoms with Gasteiger partial charge < -0.3 is 15.5 Å². The molecule has 124 valence electrons. The Morgan fingerprint density at radius 2 is 1.78 bits per heavy atom. The molecule has 1 fully saturated rings. The van der Waals surface area contributed by atoms with E-state index in [1.54, 1.807) is 14.1 Å². The van der Waals surface area contributed by atoms with E-state index in [0.29, 0.717) is 5.56 Å². The Bertz CT molecular complexity index is 638. The van der Waals surface area contributed by atoms with E-state index in [1.807, 2.05) is 0 Å². The number of nitrogens with zero attached hydrogens (tertiary/aromatic N) is 1. The van der Waals surface area contributed by atoms with E-state index in [0.717, 1.165) is 12.1 Å². The molecule has 2 N–H and O–H groups in total. The molecule has 2 rings (SSSR count). The molecule has 8 heteroatoms. The number of hydrogen-bond acceptors (Lipinski definition) is 2. The van der Waals surface area contributed by atoms with Crippen LogP contribution in [0, 0.1) is 5.92 Å². The summed E-state index contributed by atoms with van der Waals surface area (Å²) in [4.78, 5) is 25.3. The van der Waals surface area contributed by atoms with E-state index in [2.05, 4.69) is 17.2 Å². The lowest BCUT2D eigenvalue weighted by atomic mass is 9.87. The van der Waals surface area contributed by atoms with Crippen molar-refractivity contribution in [3.63, 3.8) is 0 Å². The second-order valence-electron chi connectivity index (χ2n) is 5.43. The van der Waals surface area contributed by atoms with Crippen LogP contribution in [-0.2, 0) is 11.0 Å².